The SMILES string of the molecule is Cc1ccc(S(=O)(=O)N2CCC(C)CC2)cc1C(=O)Nc1ccccc1C(C)C. The van der Waals surface area contributed by atoms with Crippen LogP contribution in [0.1, 0.15) is 61.0 Å². The van der Waals surface area contributed by atoms with Crippen LogP contribution in [0.4, 0.5) is 5.69 Å². The van der Waals surface area contributed by atoms with Gasteiger partial charge in [-0.1, -0.05) is 45.0 Å². The lowest BCUT2D eigenvalue weighted by atomic mass is 10.0. The molecule has 0 aliphatic carbocycles. The molecule has 1 aliphatic heterocycles. The number of para-hydroxylation sites is 1. The third-order valence-corrected chi connectivity index (χ3v) is 7.56. The molecule has 0 unspecified atom stereocenters. The number of hydrogen-bond donors (Lipinski definition) is 1. The molecule has 1 heterocycles. The molecule has 1 N–H and O–H groups in total. The summed E-state index contributed by atoms with van der Waals surface area (Å²) in [5.74, 6) is 0.516. The maximum atomic E-state index is 13.1. The molecule has 6 heteroatoms. The largest absolute Gasteiger partial charge is 0.322 e. The Morgan fingerprint density at radius 3 is 2.41 bits per heavy atom. The number of carbonyl (C=O) groups excluding carboxylic acids is 1. The van der Waals surface area contributed by atoms with Crippen molar-refractivity contribution in [2.75, 3.05) is 18.4 Å². The van der Waals surface area contributed by atoms with Crippen LogP contribution in [0.25, 0.3) is 0 Å². The van der Waals surface area contributed by atoms with Crippen molar-refractivity contribution < 1.29 is 13.2 Å². The van der Waals surface area contributed by atoms with E-state index in [-0.39, 0.29) is 16.7 Å². The minimum atomic E-state index is -3.60. The molecule has 0 radical (unpaired) electrons. The Hall–Kier alpha value is -2.18. The Labute approximate surface area is 174 Å². The molecule has 0 spiro atoms. The van der Waals surface area contributed by atoms with E-state index >= 15 is 0 Å². The number of carbonyl (C=O) groups is 1. The van der Waals surface area contributed by atoms with Gasteiger partial charge in [0, 0.05) is 24.3 Å². The van der Waals surface area contributed by atoms with Gasteiger partial charge in [0.1, 0.15) is 0 Å². The molecular weight excluding hydrogens is 384 g/mol. The first-order valence-electron chi connectivity index (χ1n) is 10.2. The van der Waals surface area contributed by atoms with Gasteiger partial charge in [-0.25, -0.2) is 8.42 Å². The number of benzene rings is 2. The fourth-order valence-corrected chi connectivity index (χ4v) is 5.18. The van der Waals surface area contributed by atoms with Crippen LogP contribution in [0.5, 0.6) is 0 Å². The maximum Gasteiger partial charge on any atom is 0.255 e. The van der Waals surface area contributed by atoms with Gasteiger partial charge >= 0.3 is 0 Å². The number of hydrogen-bond acceptors (Lipinski definition) is 3. The monoisotopic (exact) mass is 414 g/mol. The summed E-state index contributed by atoms with van der Waals surface area (Å²) in [5, 5.41) is 2.97. The lowest BCUT2D eigenvalue weighted by molar-refractivity contribution is 0.102. The molecule has 3 rings (SSSR count). The minimum absolute atomic E-state index is 0.181. The third kappa shape index (κ3) is 4.70. The zero-order chi connectivity index (χ0) is 21.2. The first kappa shape index (κ1) is 21.5. The summed E-state index contributed by atoms with van der Waals surface area (Å²) in [7, 11) is -3.60. The van der Waals surface area contributed by atoms with E-state index in [2.05, 4.69) is 26.1 Å². The van der Waals surface area contributed by atoms with Gasteiger partial charge in [-0.2, -0.15) is 4.31 Å². The quantitative estimate of drug-likeness (QED) is 0.765. The lowest BCUT2D eigenvalue weighted by Gasteiger charge is -2.29. The van der Waals surface area contributed by atoms with Crippen LogP contribution in [0.15, 0.2) is 47.4 Å². The Balaban J connectivity index is 1.89. The van der Waals surface area contributed by atoms with Gasteiger partial charge in [-0.15, -0.1) is 0 Å². The van der Waals surface area contributed by atoms with Crippen molar-refractivity contribution >= 4 is 21.6 Å². The van der Waals surface area contributed by atoms with Gasteiger partial charge < -0.3 is 5.32 Å². The van der Waals surface area contributed by atoms with Gasteiger partial charge in [0.05, 0.1) is 4.90 Å². The van der Waals surface area contributed by atoms with Crippen molar-refractivity contribution in [2.24, 2.45) is 5.92 Å². The highest BCUT2D eigenvalue weighted by Crippen LogP contribution is 2.27. The molecule has 1 aliphatic rings. The van der Waals surface area contributed by atoms with Gasteiger partial charge in [-0.3, -0.25) is 4.79 Å². The van der Waals surface area contributed by atoms with Crippen LogP contribution in [-0.4, -0.2) is 31.7 Å². The Morgan fingerprint density at radius 1 is 1.10 bits per heavy atom. The van der Waals surface area contributed by atoms with E-state index in [4.69, 9.17) is 0 Å². The van der Waals surface area contributed by atoms with Crippen molar-refractivity contribution in [1.29, 1.82) is 0 Å². The van der Waals surface area contributed by atoms with Crippen molar-refractivity contribution in [2.45, 2.75) is 51.3 Å². The fraction of sp³-hybridized carbons (Fsp3) is 0.435. The predicted octanol–water partition coefficient (Wildman–Crippen LogP) is 4.79. The number of amides is 1. The first-order valence-corrected chi connectivity index (χ1v) is 11.6. The molecule has 2 aromatic carbocycles. The second-order valence-electron chi connectivity index (χ2n) is 8.26. The van der Waals surface area contributed by atoms with Crippen molar-refractivity contribution in [3.05, 3.63) is 59.2 Å². The molecule has 5 nitrogen and oxygen atoms in total. The summed E-state index contributed by atoms with van der Waals surface area (Å²) >= 11 is 0. The van der Waals surface area contributed by atoms with Crippen molar-refractivity contribution in [3.8, 4) is 0 Å². The third-order valence-electron chi connectivity index (χ3n) is 5.67. The second-order valence-corrected chi connectivity index (χ2v) is 10.2. The minimum Gasteiger partial charge on any atom is -0.322 e. The highest BCUT2D eigenvalue weighted by Gasteiger charge is 2.29. The summed E-state index contributed by atoms with van der Waals surface area (Å²) < 4.78 is 27.7. The molecular formula is C23H30N2O3S. The molecule has 1 saturated heterocycles. The van der Waals surface area contributed by atoms with Crippen molar-refractivity contribution in [3.63, 3.8) is 0 Å². The average Bonchev–Trinajstić information content (AvgIpc) is 2.68. The summed E-state index contributed by atoms with van der Waals surface area (Å²) in [4.78, 5) is 13.2. The summed E-state index contributed by atoms with van der Waals surface area (Å²) in [6, 6.07) is 12.5. The summed E-state index contributed by atoms with van der Waals surface area (Å²) in [5.41, 5.74) is 2.93. The van der Waals surface area contributed by atoms with Gasteiger partial charge in [0.2, 0.25) is 10.0 Å². The number of anilines is 1. The maximum absolute atomic E-state index is 13.1. The van der Waals surface area contributed by atoms with Gasteiger partial charge in [0.25, 0.3) is 5.91 Å². The van der Waals surface area contributed by atoms with Crippen LogP contribution in [0, 0.1) is 12.8 Å². The van der Waals surface area contributed by atoms with Crippen molar-refractivity contribution in [1.82, 2.24) is 4.31 Å². The number of nitrogens with one attached hydrogen (secondary N) is 1. The van der Waals surface area contributed by atoms with E-state index in [1.54, 1.807) is 12.1 Å². The zero-order valence-electron chi connectivity index (χ0n) is 17.6. The molecule has 29 heavy (non-hydrogen) atoms. The highest BCUT2D eigenvalue weighted by atomic mass is 32.2. The molecule has 0 bridgehead atoms. The van der Waals surface area contributed by atoms with E-state index in [1.807, 2.05) is 31.2 Å². The summed E-state index contributed by atoms with van der Waals surface area (Å²) in [6.07, 6.45) is 1.73. The van der Waals surface area contributed by atoms with E-state index in [0.29, 0.717) is 24.6 Å². The number of sulfonamides is 1. The smallest absolute Gasteiger partial charge is 0.255 e. The Bertz CT molecular complexity index is 991. The topological polar surface area (TPSA) is 66.5 Å². The molecule has 0 atom stereocenters. The van der Waals surface area contributed by atoms with E-state index in [9.17, 15) is 13.2 Å². The van der Waals surface area contributed by atoms with E-state index in [0.717, 1.165) is 29.7 Å². The molecule has 156 valence electrons. The molecule has 2 aromatic rings. The van der Waals surface area contributed by atoms with E-state index < -0.39 is 10.0 Å². The molecule has 1 amide bonds. The molecule has 0 saturated carbocycles. The summed E-state index contributed by atoms with van der Waals surface area (Å²) in [6.45, 7) is 9.17. The normalized spacial score (nSPS) is 16.2. The number of rotatable bonds is 5. The fourth-order valence-electron chi connectivity index (χ4n) is 3.68. The Morgan fingerprint density at radius 2 is 1.76 bits per heavy atom. The predicted molar refractivity (Wildman–Crippen MR) is 117 cm³/mol. The average molecular weight is 415 g/mol. The first-order chi connectivity index (χ1) is 13.7. The Kier molecular flexibility index (Phi) is 6.44. The lowest BCUT2D eigenvalue weighted by Crippen LogP contribution is -2.38. The zero-order valence-corrected chi connectivity index (χ0v) is 18.4. The van der Waals surface area contributed by atoms with Crippen LogP contribution in [0.2, 0.25) is 0 Å². The molecule has 0 aromatic heterocycles. The number of piperidine rings is 1. The molecule has 1 fully saturated rings. The second kappa shape index (κ2) is 8.67. The van der Waals surface area contributed by atoms with Gasteiger partial charge in [0.15, 0.2) is 0 Å². The van der Waals surface area contributed by atoms with Gasteiger partial charge in [-0.05, 0) is 60.9 Å². The van der Waals surface area contributed by atoms with Crippen LogP contribution in [0.3, 0.4) is 0 Å². The van der Waals surface area contributed by atoms with Crippen LogP contribution >= 0.6 is 0 Å². The van der Waals surface area contributed by atoms with E-state index in [1.165, 1.54) is 10.4 Å². The van der Waals surface area contributed by atoms with Crippen LogP contribution in [-0.2, 0) is 10.0 Å². The number of aryl methyl sites for hydroxylation is 1. The number of nitrogens with zero attached hydrogens (tertiary/aromatic N) is 1. The highest BCUT2D eigenvalue weighted by molar-refractivity contribution is 7.89. The standard InChI is InChI=1S/C23H30N2O3S/c1-16(2)20-7-5-6-8-22(20)24-23(26)21-15-19(10-9-18(21)4)29(27,28)25-13-11-17(3)12-14-25/h5-10,15-17H,11-14H2,1-4H3,(H,24,26). The van der Waals surface area contributed by atoms with Crippen LogP contribution < -0.4 is 5.32 Å².